The van der Waals surface area contributed by atoms with Gasteiger partial charge in [0, 0.05) is 32.7 Å². The number of anilines is 1. The van der Waals surface area contributed by atoms with Crippen LogP contribution in [-0.2, 0) is 4.79 Å². The molecule has 1 saturated heterocycles. The van der Waals surface area contributed by atoms with Gasteiger partial charge in [-0.25, -0.2) is 0 Å². The van der Waals surface area contributed by atoms with Gasteiger partial charge in [0.25, 0.3) is 0 Å². The predicted molar refractivity (Wildman–Crippen MR) is 119 cm³/mol. The molecule has 1 amide bonds. The summed E-state index contributed by atoms with van der Waals surface area (Å²) in [5.74, 6) is 0.935. The number of halogens is 1. The molecule has 1 fully saturated rings. The first kappa shape index (κ1) is 21.6. The molecule has 2 aromatic rings. The zero-order valence-corrected chi connectivity index (χ0v) is 18.0. The lowest BCUT2D eigenvalue weighted by atomic mass is 10.1. The fourth-order valence-electron chi connectivity index (χ4n) is 3.62. The Bertz CT molecular complexity index is 799. The first-order valence-electron chi connectivity index (χ1n) is 10.2. The number of nitrogens with zero attached hydrogens (tertiary/aromatic N) is 2. The van der Waals surface area contributed by atoms with Crippen molar-refractivity contribution in [3.05, 3.63) is 58.6 Å². The van der Waals surface area contributed by atoms with E-state index in [2.05, 4.69) is 47.2 Å². The van der Waals surface area contributed by atoms with Gasteiger partial charge >= 0.3 is 0 Å². The van der Waals surface area contributed by atoms with Gasteiger partial charge in [-0.3, -0.25) is 9.69 Å². The number of amides is 1. The molecule has 3 rings (SSSR count). The van der Waals surface area contributed by atoms with E-state index in [1.54, 1.807) is 6.07 Å². The van der Waals surface area contributed by atoms with Crippen LogP contribution in [0.25, 0.3) is 0 Å². The van der Waals surface area contributed by atoms with Crippen molar-refractivity contribution in [1.82, 2.24) is 9.80 Å². The van der Waals surface area contributed by atoms with Gasteiger partial charge in [0.2, 0.25) is 5.91 Å². The molecule has 5 nitrogen and oxygen atoms in total. The van der Waals surface area contributed by atoms with Crippen LogP contribution in [0.1, 0.15) is 17.5 Å². The zero-order valence-electron chi connectivity index (χ0n) is 17.3. The van der Waals surface area contributed by atoms with E-state index in [-0.39, 0.29) is 5.91 Å². The van der Waals surface area contributed by atoms with Gasteiger partial charge in [0.05, 0.1) is 23.9 Å². The molecule has 0 aliphatic carbocycles. The Balaban J connectivity index is 1.32. The highest BCUT2D eigenvalue weighted by molar-refractivity contribution is 6.33. The Kier molecular flexibility index (Phi) is 7.92. The van der Waals surface area contributed by atoms with Crippen LogP contribution in [-0.4, -0.2) is 61.6 Å². The number of para-hydroxylation sites is 1. The normalized spacial score (nSPS) is 15.3. The summed E-state index contributed by atoms with van der Waals surface area (Å²) in [6.45, 7) is 10.1. The summed E-state index contributed by atoms with van der Waals surface area (Å²) < 4.78 is 5.90. The van der Waals surface area contributed by atoms with Crippen LogP contribution in [0.5, 0.6) is 5.75 Å². The third-order valence-electron chi connectivity index (χ3n) is 5.06. The Hall–Kier alpha value is -2.08. The van der Waals surface area contributed by atoms with Crippen molar-refractivity contribution in [3.8, 4) is 5.75 Å². The minimum Gasteiger partial charge on any atom is -0.494 e. The van der Waals surface area contributed by atoms with E-state index in [1.807, 2.05) is 18.2 Å². The molecular weight excluding hydrogens is 386 g/mol. The maximum Gasteiger partial charge on any atom is 0.238 e. The van der Waals surface area contributed by atoms with Crippen molar-refractivity contribution in [3.63, 3.8) is 0 Å². The molecule has 1 aliphatic heterocycles. The fourth-order valence-corrected chi connectivity index (χ4v) is 3.80. The number of ether oxygens (including phenoxy) is 1. The van der Waals surface area contributed by atoms with Crippen molar-refractivity contribution in [2.75, 3.05) is 51.2 Å². The van der Waals surface area contributed by atoms with Gasteiger partial charge in [0.15, 0.2) is 0 Å². The minimum absolute atomic E-state index is 0.0200. The summed E-state index contributed by atoms with van der Waals surface area (Å²) in [7, 11) is 0. The van der Waals surface area contributed by atoms with E-state index >= 15 is 0 Å². The van der Waals surface area contributed by atoms with Gasteiger partial charge in [-0.1, -0.05) is 29.8 Å². The molecule has 6 heteroatoms. The number of benzene rings is 2. The van der Waals surface area contributed by atoms with Crippen LogP contribution in [0.4, 0.5) is 5.69 Å². The summed E-state index contributed by atoms with van der Waals surface area (Å²) >= 11 is 6.10. The van der Waals surface area contributed by atoms with Crippen LogP contribution >= 0.6 is 11.6 Å². The monoisotopic (exact) mass is 415 g/mol. The highest BCUT2D eigenvalue weighted by Crippen LogP contribution is 2.20. The van der Waals surface area contributed by atoms with Crippen LogP contribution in [0, 0.1) is 13.8 Å². The van der Waals surface area contributed by atoms with E-state index in [1.165, 1.54) is 11.1 Å². The lowest BCUT2D eigenvalue weighted by Crippen LogP contribution is -2.48. The quantitative estimate of drug-likeness (QED) is 0.662. The van der Waals surface area contributed by atoms with Gasteiger partial charge in [-0.2, -0.15) is 0 Å². The summed E-state index contributed by atoms with van der Waals surface area (Å²) in [4.78, 5) is 16.9. The maximum absolute atomic E-state index is 12.3. The van der Waals surface area contributed by atoms with Gasteiger partial charge in [-0.05, 0) is 55.7 Å². The van der Waals surface area contributed by atoms with Gasteiger partial charge in [0.1, 0.15) is 5.75 Å². The molecule has 1 aliphatic rings. The molecule has 0 radical (unpaired) electrons. The predicted octanol–water partition coefficient (Wildman–Crippen LogP) is 3.98. The number of carbonyl (C=O) groups is 1. The number of hydrogen-bond donors (Lipinski definition) is 1. The van der Waals surface area contributed by atoms with Crippen LogP contribution < -0.4 is 10.1 Å². The van der Waals surface area contributed by atoms with E-state index in [9.17, 15) is 4.79 Å². The third-order valence-corrected chi connectivity index (χ3v) is 5.39. The standard InChI is InChI=1S/C23H30ClN3O2/c1-18-14-19(2)16-20(15-18)29-13-5-8-26-9-11-27(12-10-26)17-23(28)25-22-7-4-3-6-21(22)24/h3-4,6-7,14-16H,5,8-13,17H2,1-2H3,(H,25,28). The smallest absolute Gasteiger partial charge is 0.238 e. The van der Waals surface area contributed by atoms with Crippen molar-refractivity contribution >= 4 is 23.2 Å². The number of carbonyl (C=O) groups excluding carboxylic acids is 1. The Labute approximate surface area is 178 Å². The zero-order chi connectivity index (χ0) is 20.6. The highest BCUT2D eigenvalue weighted by atomic mass is 35.5. The van der Waals surface area contributed by atoms with E-state index in [0.717, 1.165) is 51.5 Å². The Morgan fingerprint density at radius 2 is 1.69 bits per heavy atom. The van der Waals surface area contributed by atoms with Crippen LogP contribution in [0.3, 0.4) is 0 Å². The first-order valence-corrected chi connectivity index (χ1v) is 10.6. The van der Waals surface area contributed by atoms with E-state index in [0.29, 0.717) is 17.3 Å². The molecule has 0 spiro atoms. The molecule has 29 heavy (non-hydrogen) atoms. The number of rotatable bonds is 8. The number of piperazine rings is 1. The van der Waals surface area contributed by atoms with E-state index in [4.69, 9.17) is 16.3 Å². The molecule has 0 unspecified atom stereocenters. The fraction of sp³-hybridized carbons (Fsp3) is 0.435. The average molecular weight is 416 g/mol. The highest BCUT2D eigenvalue weighted by Gasteiger charge is 2.19. The Morgan fingerprint density at radius 1 is 1.03 bits per heavy atom. The molecule has 2 aromatic carbocycles. The maximum atomic E-state index is 12.3. The second kappa shape index (κ2) is 10.6. The lowest BCUT2D eigenvalue weighted by Gasteiger charge is -2.34. The number of aryl methyl sites for hydroxylation is 2. The molecule has 1 N–H and O–H groups in total. The molecule has 0 bridgehead atoms. The van der Waals surface area contributed by atoms with Crippen molar-refractivity contribution in [2.45, 2.75) is 20.3 Å². The average Bonchev–Trinajstić information content (AvgIpc) is 2.67. The summed E-state index contributed by atoms with van der Waals surface area (Å²) in [6, 6.07) is 13.6. The van der Waals surface area contributed by atoms with Crippen molar-refractivity contribution in [1.29, 1.82) is 0 Å². The third kappa shape index (κ3) is 7.03. The molecule has 0 atom stereocenters. The van der Waals surface area contributed by atoms with Crippen LogP contribution in [0.15, 0.2) is 42.5 Å². The van der Waals surface area contributed by atoms with Crippen molar-refractivity contribution < 1.29 is 9.53 Å². The second-order valence-corrected chi connectivity index (χ2v) is 8.08. The van der Waals surface area contributed by atoms with Crippen molar-refractivity contribution in [2.24, 2.45) is 0 Å². The van der Waals surface area contributed by atoms with E-state index < -0.39 is 0 Å². The summed E-state index contributed by atoms with van der Waals surface area (Å²) in [5, 5.41) is 3.45. The lowest BCUT2D eigenvalue weighted by molar-refractivity contribution is -0.117. The number of hydrogen-bond acceptors (Lipinski definition) is 4. The first-order chi connectivity index (χ1) is 14.0. The van der Waals surface area contributed by atoms with Gasteiger partial charge < -0.3 is 15.0 Å². The second-order valence-electron chi connectivity index (χ2n) is 7.67. The molecular formula is C23H30ClN3O2. The topological polar surface area (TPSA) is 44.8 Å². The SMILES string of the molecule is Cc1cc(C)cc(OCCCN2CCN(CC(=O)Nc3ccccc3Cl)CC2)c1. The van der Waals surface area contributed by atoms with Gasteiger partial charge in [-0.15, -0.1) is 0 Å². The minimum atomic E-state index is -0.0200. The molecule has 0 saturated carbocycles. The summed E-state index contributed by atoms with van der Waals surface area (Å²) in [5.41, 5.74) is 3.13. The Morgan fingerprint density at radius 3 is 2.38 bits per heavy atom. The molecule has 156 valence electrons. The largest absolute Gasteiger partial charge is 0.494 e. The summed E-state index contributed by atoms with van der Waals surface area (Å²) in [6.07, 6.45) is 1.000. The number of nitrogens with one attached hydrogen (secondary N) is 1. The molecule has 0 aromatic heterocycles. The molecule has 1 heterocycles. The van der Waals surface area contributed by atoms with Crippen LogP contribution in [0.2, 0.25) is 5.02 Å².